The summed E-state index contributed by atoms with van der Waals surface area (Å²) in [5, 5.41) is 35.1. The van der Waals surface area contributed by atoms with Gasteiger partial charge in [-0.05, 0) is 22.0 Å². The van der Waals surface area contributed by atoms with E-state index in [9.17, 15) is 20.2 Å². The number of benzene rings is 1. The van der Waals surface area contributed by atoms with Gasteiger partial charge in [-0.2, -0.15) is 0 Å². The second kappa shape index (κ2) is 7.12. The topological polar surface area (TPSA) is 156 Å². The molecule has 0 spiro atoms. The van der Waals surface area contributed by atoms with Crippen LogP contribution >= 0.6 is 0 Å². The number of nitro groups is 2. The first-order valence-electron chi connectivity index (χ1n) is 6.93. The van der Waals surface area contributed by atoms with Crippen LogP contribution < -0.4 is 9.47 Å². The third kappa shape index (κ3) is 4.00. The van der Waals surface area contributed by atoms with E-state index in [2.05, 4.69) is 20.4 Å². The van der Waals surface area contributed by atoms with Crippen LogP contribution in [0.3, 0.4) is 0 Å². The van der Waals surface area contributed by atoms with Gasteiger partial charge in [-0.25, -0.2) is 0 Å². The summed E-state index contributed by atoms with van der Waals surface area (Å²) in [4.78, 5) is 19.7. The second-order valence-electron chi connectivity index (χ2n) is 4.65. The van der Waals surface area contributed by atoms with Gasteiger partial charge in [0, 0.05) is 40.5 Å². The predicted molar refractivity (Wildman–Crippen MR) is 84.0 cm³/mol. The summed E-state index contributed by atoms with van der Waals surface area (Å²) in [6, 6.07) is 11.3. The highest BCUT2D eigenvalue weighted by molar-refractivity contribution is 5.37. The third-order valence-electron chi connectivity index (χ3n) is 2.88. The van der Waals surface area contributed by atoms with Crippen molar-refractivity contribution >= 4 is 11.6 Å². The summed E-state index contributed by atoms with van der Waals surface area (Å²) in [6.07, 6.45) is 0. The van der Waals surface area contributed by atoms with Gasteiger partial charge in [-0.15, -0.1) is 0 Å². The Morgan fingerprint density at radius 1 is 0.692 bits per heavy atom. The number of nitrogens with zero attached hydrogens (tertiary/aromatic N) is 6. The standard InChI is InChI=1S/C14H8N6O6/c21-19(22)11-4-6-13(17-15-11)25-9-2-1-3-10(8-9)26-14-7-5-12(16-18-14)20(23)24/h1-8H. The van der Waals surface area contributed by atoms with E-state index in [0.29, 0.717) is 11.5 Å². The number of rotatable bonds is 6. The number of aromatic nitrogens is 4. The van der Waals surface area contributed by atoms with E-state index in [0.717, 1.165) is 12.1 Å². The SMILES string of the molecule is O=[N+]([O-])c1ccc(Oc2cccc(Oc3ccc([N+](=O)[O-])nn3)c2)nn1. The molecule has 0 amide bonds. The maximum Gasteiger partial charge on any atom is 0.390 e. The van der Waals surface area contributed by atoms with Gasteiger partial charge in [-0.3, -0.25) is 0 Å². The van der Waals surface area contributed by atoms with Crippen molar-refractivity contribution in [2.75, 3.05) is 0 Å². The van der Waals surface area contributed by atoms with Crippen LogP contribution in [0, 0.1) is 20.2 Å². The molecule has 0 atom stereocenters. The first-order valence-corrected chi connectivity index (χ1v) is 6.93. The van der Waals surface area contributed by atoms with Gasteiger partial charge in [0.15, 0.2) is 0 Å². The minimum Gasteiger partial charge on any atom is -0.436 e. The van der Waals surface area contributed by atoms with Crippen LogP contribution in [0.5, 0.6) is 23.3 Å². The minimum absolute atomic E-state index is 0.0582. The molecular formula is C14H8N6O6. The van der Waals surface area contributed by atoms with Gasteiger partial charge in [0.2, 0.25) is 0 Å². The molecular weight excluding hydrogens is 348 g/mol. The van der Waals surface area contributed by atoms with Crippen molar-refractivity contribution in [2.45, 2.75) is 0 Å². The van der Waals surface area contributed by atoms with Crippen molar-refractivity contribution in [3.8, 4) is 23.3 Å². The fourth-order valence-corrected chi connectivity index (χ4v) is 1.77. The van der Waals surface area contributed by atoms with E-state index in [1.54, 1.807) is 18.2 Å². The molecule has 0 aliphatic rings. The molecule has 2 heterocycles. The zero-order chi connectivity index (χ0) is 18.5. The number of ether oxygens (including phenoxy) is 2. The summed E-state index contributed by atoms with van der Waals surface area (Å²) in [7, 11) is 0. The van der Waals surface area contributed by atoms with E-state index < -0.39 is 21.5 Å². The van der Waals surface area contributed by atoms with Gasteiger partial charge in [0.25, 0.3) is 11.8 Å². The molecule has 3 aromatic rings. The highest BCUT2D eigenvalue weighted by Crippen LogP contribution is 2.27. The molecule has 0 unspecified atom stereocenters. The lowest BCUT2D eigenvalue weighted by molar-refractivity contribution is -0.390. The Hall–Kier alpha value is -4.22. The fourth-order valence-electron chi connectivity index (χ4n) is 1.77. The molecule has 0 saturated heterocycles. The zero-order valence-corrected chi connectivity index (χ0v) is 12.8. The van der Waals surface area contributed by atoms with Crippen LogP contribution in [0.4, 0.5) is 11.6 Å². The van der Waals surface area contributed by atoms with E-state index in [-0.39, 0.29) is 11.8 Å². The lowest BCUT2D eigenvalue weighted by atomic mass is 10.3. The second-order valence-corrected chi connectivity index (χ2v) is 4.65. The van der Waals surface area contributed by atoms with Gasteiger partial charge in [0.05, 0.1) is 10.2 Å². The van der Waals surface area contributed by atoms with E-state index in [1.807, 2.05) is 0 Å². The van der Waals surface area contributed by atoms with E-state index in [4.69, 9.17) is 9.47 Å². The molecule has 0 aliphatic carbocycles. The average Bonchev–Trinajstić information content (AvgIpc) is 2.63. The van der Waals surface area contributed by atoms with Crippen LogP contribution in [0.1, 0.15) is 0 Å². The predicted octanol–water partition coefficient (Wildman–Crippen LogP) is 2.67. The zero-order valence-electron chi connectivity index (χ0n) is 12.8. The summed E-state index contributed by atoms with van der Waals surface area (Å²) in [5.41, 5.74) is 0. The molecule has 0 aliphatic heterocycles. The molecule has 1 aromatic carbocycles. The molecule has 0 N–H and O–H groups in total. The molecule has 0 fully saturated rings. The van der Waals surface area contributed by atoms with Crippen LogP contribution in [-0.2, 0) is 0 Å². The fraction of sp³-hybridized carbons (Fsp3) is 0. The van der Waals surface area contributed by atoms with Crippen molar-refractivity contribution in [1.82, 2.24) is 20.4 Å². The van der Waals surface area contributed by atoms with Crippen LogP contribution in [-0.4, -0.2) is 30.2 Å². The Morgan fingerprint density at radius 2 is 1.15 bits per heavy atom. The van der Waals surface area contributed by atoms with Gasteiger partial charge in [0.1, 0.15) is 11.5 Å². The molecule has 2 aromatic heterocycles. The molecule has 26 heavy (non-hydrogen) atoms. The highest BCUT2D eigenvalue weighted by Gasteiger charge is 2.12. The number of hydrogen-bond acceptors (Lipinski definition) is 10. The quantitative estimate of drug-likeness (QED) is 0.475. The van der Waals surface area contributed by atoms with Crippen molar-refractivity contribution in [3.05, 3.63) is 68.8 Å². The van der Waals surface area contributed by atoms with Crippen molar-refractivity contribution < 1.29 is 19.3 Å². The third-order valence-corrected chi connectivity index (χ3v) is 2.88. The minimum atomic E-state index is -0.670. The lowest BCUT2D eigenvalue weighted by Gasteiger charge is -2.06. The van der Waals surface area contributed by atoms with Crippen LogP contribution in [0.15, 0.2) is 48.5 Å². The highest BCUT2D eigenvalue weighted by atomic mass is 16.6. The van der Waals surface area contributed by atoms with Crippen LogP contribution in [0.2, 0.25) is 0 Å². The molecule has 0 saturated carbocycles. The molecule has 12 heteroatoms. The molecule has 12 nitrogen and oxygen atoms in total. The van der Waals surface area contributed by atoms with E-state index >= 15 is 0 Å². The summed E-state index contributed by atoms with van der Waals surface area (Å²) in [5.74, 6) is -0.0100. The van der Waals surface area contributed by atoms with Crippen molar-refractivity contribution in [2.24, 2.45) is 0 Å². The Kier molecular flexibility index (Phi) is 4.56. The summed E-state index contributed by atoms with van der Waals surface area (Å²) >= 11 is 0. The summed E-state index contributed by atoms with van der Waals surface area (Å²) in [6.45, 7) is 0. The Morgan fingerprint density at radius 3 is 1.50 bits per heavy atom. The maximum absolute atomic E-state index is 10.5. The number of hydrogen-bond donors (Lipinski definition) is 0. The van der Waals surface area contributed by atoms with Gasteiger partial charge in [-0.1, -0.05) is 6.07 Å². The monoisotopic (exact) mass is 356 g/mol. The van der Waals surface area contributed by atoms with Crippen molar-refractivity contribution in [1.29, 1.82) is 0 Å². The van der Waals surface area contributed by atoms with Gasteiger partial charge < -0.3 is 29.7 Å². The Bertz CT molecular complexity index is 872. The largest absolute Gasteiger partial charge is 0.436 e. The molecule has 130 valence electrons. The lowest BCUT2D eigenvalue weighted by Crippen LogP contribution is -1.97. The normalized spacial score (nSPS) is 10.2. The molecule has 3 rings (SSSR count). The molecule has 0 radical (unpaired) electrons. The molecule has 0 bridgehead atoms. The smallest absolute Gasteiger partial charge is 0.390 e. The first-order chi connectivity index (χ1) is 12.5. The summed E-state index contributed by atoms with van der Waals surface area (Å²) < 4.78 is 10.9. The first kappa shape index (κ1) is 16.6. The van der Waals surface area contributed by atoms with Gasteiger partial charge >= 0.3 is 11.6 Å². The maximum atomic E-state index is 10.5. The van der Waals surface area contributed by atoms with E-state index in [1.165, 1.54) is 18.2 Å². The Labute approximate surface area is 144 Å². The Balaban J connectivity index is 1.71. The van der Waals surface area contributed by atoms with Crippen molar-refractivity contribution in [3.63, 3.8) is 0 Å². The van der Waals surface area contributed by atoms with Crippen LogP contribution in [0.25, 0.3) is 0 Å². The average molecular weight is 356 g/mol.